The summed E-state index contributed by atoms with van der Waals surface area (Å²) in [5.41, 5.74) is 0. The summed E-state index contributed by atoms with van der Waals surface area (Å²) in [6.07, 6.45) is 6.70. The second-order valence-corrected chi connectivity index (χ2v) is 7.61. The highest BCUT2D eigenvalue weighted by Gasteiger charge is 2.22. The van der Waals surface area contributed by atoms with E-state index in [-0.39, 0.29) is 29.9 Å². The summed E-state index contributed by atoms with van der Waals surface area (Å²) in [4.78, 5) is 18.5. The van der Waals surface area contributed by atoms with Crippen molar-refractivity contribution in [2.24, 2.45) is 4.99 Å². The van der Waals surface area contributed by atoms with Crippen LogP contribution in [0.1, 0.15) is 45.4 Å². The molecular weight excluding hydrogens is 423 g/mol. The molecule has 0 aromatic heterocycles. The standard InChI is InChI=1S/C16H30N4OS.HI/c1-13-6-3-4-10-20(13)15(21)8-9-18-16(17-2)19-12-14-7-5-11-22-14;/h13-14H,3-12H2,1-2H3,(H2,17,18,19);1H. The molecule has 2 aliphatic rings. The van der Waals surface area contributed by atoms with Gasteiger partial charge in [0.25, 0.3) is 0 Å². The third-order valence-corrected chi connectivity index (χ3v) is 5.90. The number of nitrogens with one attached hydrogen (secondary N) is 2. The Bertz CT molecular complexity index is 388. The summed E-state index contributed by atoms with van der Waals surface area (Å²) in [7, 11) is 1.78. The van der Waals surface area contributed by atoms with Crippen molar-refractivity contribution in [1.29, 1.82) is 0 Å². The van der Waals surface area contributed by atoms with Crippen molar-refractivity contribution >= 4 is 47.6 Å². The third kappa shape index (κ3) is 7.07. The van der Waals surface area contributed by atoms with Crippen LogP contribution in [0.3, 0.4) is 0 Å². The minimum Gasteiger partial charge on any atom is -0.356 e. The molecule has 2 rings (SSSR count). The minimum absolute atomic E-state index is 0. The van der Waals surface area contributed by atoms with Crippen molar-refractivity contribution in [3.63, 3.8) is 0 Å². The zero-order valence-electron chi connectivity index (χ0n) is 14.3. The van der Waals surface area contributed by atoms with Crippen molar-refractivity contribution in [3.8, 4) is 0 Å². The fourth-order valence-electron chi connectivity index (χ4n) is 3.14. The van der Waals surface area contributed by atoms with E-state index in [0.717, 1.165) is 31.9 Å². The second kappa shape index (κ2) is 11.4. The molecule has 2 saturated heterocycles. The lowest BCUT2D eigenvalue weighted by molar-refractivity contribution is -0.134. The Morgan fingerprint density at radius 1 is 1.26 bits per heavy atom. The van der Waals surface area contributed by atoms with Crippen LogP contribution in [0, 0.1) is 0 Å². The van der Waals surface area contributed by atoms with Gasteiger partial charge in [-0.1, -0.05) is 0 Å². The summed E-state index contributed by atoms with van der Waals surface area (Å²) in [6.45, 7) is 4.69. The Balaban J connectivity index is 0.00000264. The molecule has 0 aromatic rings. The molecule has 0 aliphatic carbocycles. The predicted octanol–water partition coefficient (Wildman–Crippen LogP) is 2.46. The fraction of sp³-hybridized carbons (Fsp3) is 0.875. The Morgan fingerprint density at radius 3 is 2.74 bits per heavy atom. The van der Waals surface area contributed by atoms with Crippen LogP contribution in [0.15, 0.2) is 4.99 Å². The highest BCUT2D eigenvalue weighted by Crippen LogP contribution is 2.25. The third-order valence-electron chi connectivity index (χ3n) is 4.50. The molecule has 134 valence electrons. The van der Waals surface area contributed by atoms with Gasteiger partial charge in [-0.25, -0.2) is 0 Å². The highest BCUT2D eigenvalue weighted by atomic mass is 127. The number of halogens is 1. The van der Waals surface area contributed by atoms with Crippen LogP contribution < -0.4 is 10.6 Å². The number of nitrogens with zero attached hydrogens (tertiary/aromatic N) is 2. The highest BCUT2D eigenvalue weighted by molar-refractivity contribution is 14.0. The largest absolute Gasteiger partial charge is 0.356 e. The molecule has 2 atom stereocenters. The molecule has 0 bridgehead atoms. The first kappa shape index (κ1) is 20.9. The van der Waals surface area contributed by atoms with Gasteiger partial charge in [-0.3, -0.25) is 9.79 Å². The fourth-order valence-corrected chi connectivity index (χ4v) is 4.34. The first-order valence-corrected chi connectivity index (χ1v) is 9.61. The lowest BCUT2D eigenvalue weighted by atomic mass is 10.0. The van der Waals surface area contributed by atoms with Crippen LogP contribution in [0.5, 0.6) is 0 Å². The van der Waals surface area contributed by atoms with Gasteiger partial charge < -0.3 is 15.5 Å². The summed E-state index contributed by atoms with van der Waals surface area (Å²) >= 11 is 2.04. The molecule has 0 spiro atoms. The maximum Gasteiger partial charge on any atom is 0.224 e. The van der Waals surface area contributed by atoms with Crippen LogP contribution in [0.25, 0.3) is 0 Å². The number of aliphatic imine (C=N–C) groups is 1. The van der Waals surface area contributed by atoms with Gasteiger partial charge in [0.05, 0.1) is 0 Å². The van der Waals surface area contributed by atoms with Gasteiger partial charge in [0.15, 0.2) is 5.96 Å². The van der Waals surface area contributed by atoms with E-state index in [1.807, 2.05) is 16.7 Å². The van der Waals surface area contributed by atoms with Crippen molar-refractivity contribution in [3.05, 3.63) is 0 Å². The van der Waals surface area contributed by atoms with Crippen LogP contribution >= 0.6 is 35.7 Å². The second-order valence-electron chi connectivity index (χ2n) is 6.20. The number of hydrogen-bond donors (Lipinski definition) is 2. The van der Waals surface area contributed by atoms with Gasteiger partial charge in [0, 0.05) is 44.4 Å². The molecule has 2 heterocycles. The van der Waals surface area contributed by atoms with E-state index in [2.05, 4.69) is 22.5 Å². The first-order chi connectivity index (χ1) is 10.7. The summed E-state index contributed by atoms with van der Waals surface area (Å²) in [6, 6.07) is 0.401. The molecule has 0 aromatic carbocycles. The van der Waals surface area contributed by atoms with Gasteiger partial charge in [0.2, 0.25) is 5.91 Å². The van der Waals surface area contributed by atoms with Gasteiger partial charge >= 0.3 is 0 Å². The molecule has 2 N–H and O–H groups in total. The van der Waals surface area contributed by atoms with E-state index < -0.39 is 0 Å². The van der Waals surface area contributed by atoms with Gasteiger partial charge in [-0.05, 0) is 44.8 Å². The Labute approximate surface area is 161 Å². The van der Waals surface area contributed by atoms with Gasteiger partial charge in [0.1, 0.15) is 0 Å². The van der Waals surface area contributed by atoms with Crippen molar-refractivity contribution in [2.75, 3.05) is 32.4 Å². The quantitative estimate of drug-likeness (QED) is 0.381. The number of rotatable bonds is 5. The van der Waals surface area contributed by atoms with Gasteiger partial charge in [-0.2, -0.15) is 11.8 Å². The Morgan fingerprint density at radius 2 is 2.09 bits per heavy atom. The van der Waals surface area contributed by atoms with Crippen molar-refractivity contribution in [2.45, 2.75) is 56.7 Å². The summed E-state index contributed by atoms with van der Waals surface area (Å²) in [5.74, 6) is 2.36. The van der Waals surface area contributed by atoms with Crippen LogP contribution in [-0.2, 0) is 4.79 Å². The monoisotopic (exact) mass is 454 g/mol. The SMILES string of the molecule is CN=C(NCCC(=O)N1CCCCC1C)NCC1CCCS1.I. The molecule has 23 heavy (non-hydrogen) atoms. The zero-order chi connectivity index (χ0) is 15.8. The smallest absolute Gasteiger partial charge is 0.224 e. The molecule has 0 radical (unpaired) electrons. The lowest BCUT2D eigenvalue weighted by Gasteiger charge is -2.33. The molecule has 7 heteroatoms. The van der Waals surface area contributed by atoms with Crippen LogP contribution in [-0.4, -0.2) is 60.5 Å². The Hall–Kier alpha value is -0.180. The van der Waals surface area contributed by atoms with Crippen LogP contribution in [0.2, 0.25) is 0 Å². The number of piperidine rings is 1. The number of amides is 1. The molecule has 1 amide bonds. The number of carbonyl (C=O) groups excluding carboxylic acids is 1. The number of thioether (sulfide) groups is 1. The normalized spacial score (nSPS) is 25.0. The Kier molecular flexibility index (Phi) is 10.3. The number of carbonyl (C=O) groups is 1. The molecule has 2 unspecified atom stereocenters. The molecule has 2 fully saturated rings. The first-order valence-electron chi connectivity index (χ1n) is 8.56. The van der Waals surface area contributed by atoms with E-state index in [9.17, 15) is 4.79 Å². The maximum absolute atomic E-state index is 12.3. The van der Waals surface area contributed by atoms with Crippen LogP contribution in [0.4, 0.5) is 0 Å². The number of hydrogen-bond acceptors (Lipinski definition) is 3. The molecule has 0 saturated carbocycles. The zero-order valence-corrected chi connectivity index (χ0v) is 17.5. The van der Waals surface area contributed by atoms with E-state index in [1.54, 1.807) is 7.05 Å². The summed E-state index contributed by atoms with van der Waals surface area (Å²) < 4.78 is 0. The van der Waals surface area contributed by atoms with E-state index >= 15 is 0 Å². The number of likely N-dealkylation sites (tertiary alicyclic amines) is 1. The van der Waals surface area contributed by atoms with E-state index in [1.165, 1.54) is 25.0 Å². The van der Waals surface area contributed by atoms with E-state index in [0.29, 0.717) is 24.3 Å². The number of guanidine groups is 1. The van der Waals surface area contributed by atoms with Crippen molar-refractivity contribution in [1.82, 2.24) is 15.5 Å². The average Bonchev–Trinajstić information content (AvgIpc) is 3.04. The molecule has 5 nitrogen and oxygen atoms in total. The molecule has 2 aliphatic heterocycles. The average molecular weight is 454 g/mol. The van der Waals surface area contributed by atoms with E-state index in [4.69, 9.17) is 0 Å². The maximum atomic E-state index is 12.3. The minimum atomic E-state index is 0. The predicted molar refractivity (Wildman–Crippen MR) is 110 cm³/mol. The molecular formula is C16H31IN4OS. The topological polar surface area (TPSA) is 56.7 Å². The van der Waals surface area contributed by atoms with Crippen molar-refractivity contribution < 1.29 is 4.79 Å². The summed E-state index contributed by atoms with van der Waals surface area (Å²) in [5, 5.41) is 7.33. The lowest BCUT2D eigenvalue weighted by Crippen LogP contribution is -2.45. The van der Waals surface area contributed by atoms with Gasteiger partial charge in [-0.15, -0.1) is 24.0 Å².